The minimum Gasteiger partial charge on any atom is -0.339 e. The maximum absolute atomic E-state index is 12.7. The van der Waals surface area contributed by atoms with Gasteiger partial charge >= 0.3 is 0 Å². The fourth-order valence-corrected chi connectivity index (χ4v) is 4.10. The molecule has 1 spiro atoms. The molecule has 1 amide bonds. The van der Waals surface area contributed by atoms with Crippen molar-refractivity contribution in [3.63, 3.8) is 0 Å². The molecule has 0 bridgehead atoms. The molecule has 6 nitrogen and oxygen atoms in total. The Hall–Kier alpha value is -1.60. The molecule has 7 heteroatoms. The summed E-state index contributed by atoms with van der Waals surface area (Å²) in [6.07, 6.45) is 5.00. The number of rotatable bonds is 3. The van der Waals surface area contributed by atoms with Gasteiger partial charge in [0.25, 0.3) is 11.6 Å². The zero-order valence-corrected chi connectivity index (χ0v) is 14.0. The average molecular weight is 335 g/mol. The first kappa shape index (κ1) is 16.3. The van der Waals surface area contributed by atoms with Crippen LogP contribution in [0.15, 0.2) is 23.1 Å². The number of likely N-dealkylation sites (tertiary alicyclic amines) is 1. The van der Waals surface area contributed by atoms with E-state index in [1.807, 2.05) is 4.90 Å². The highest BCUT2D eigenvalue weighted by atomic mass is 32.2. The summed E-state index contributed by atoms with van der Waals surface area (Å²) in [6.45, 7) is 3.58. The summed E-state index contributed by atoms with van der Waals surface area (Å²) < 4.78 is 0. The van der Waals surface area contributed by atoms with E-state index < -0.39 is 4.92 Å². The lowest BCUT2D eigenvalue weighted by molar-refractivity contribution is -0.387. The van der Waals surface area contributed by atoms with Crippen molar-refractivity contribution in [1.29, 1.82) is 0 Å². The first-order valence-electron chi connectivity index (χ1n) is 7.87. The molecule has 1 aromatic carbocycles. The predicted octanol–water partition coefficient (Wildman–Crippen LogP) is 2.53. The van der Waals surface area contributed by atoms with E-state index in [1.54, 1.807) is 18.4 Å². The second-order valence-electron chi connectivity index (χ2n) is 6.36. The van der Waals surface area contributed by atoms with E-state index in [-0.39, 0.29) is 11.6 Å². The van der Waals surface area contributed by atoms with Crippen LogP contribution in [0, 0.1) is 15.5 Å². The Balaban J connectivity index is 1.73. The topological polar surface area (TPSA) is 75.5 Å². The Labute approximate surface area is 139 Å². The standard InChI is InChI=1S/C16H21N3O3S/c1-23-14-3-2-12(10-13(14)19(21)22)15(20)18-8-5-16(6-9-18)4-7-17-11-16/h2-3,10,17H,4-9,11H2,1H3. The van der Waals surface area contributed by atoms with E-state index in [1.165, 1.54) is 24.2 Å². The van der Waals surface area contributed by atoms with Crippen molar-refractivity contribution in [3.05, 3.63) is 33.9 Å². The fourth-order valence-electron chi connectivity index (χ4n) is 3.55. The highest BCUT2D eigenvalue weighted by Crippen LogP contribution is 2.37. The van der Waals surface area contributed by atoms with Crippen molar-refractivity contribution in [2.24, 2.45) is 5.41 Å². The number of benzene rings is 1. The number of piperidine rings is 1. The van der Waals surface area contributed by atoms with Crippen LogP contribution in [0.5, 0.6) is 0 Å². The summed E-state index contributed by atoms with van der Waals surface area (Å²) >= 11 is 1.32. The first-order chi connectivity index (χ1) is 11.0. The van der Waals surface area contributed by atoms with Gasteiger partial charge < -0.3 is 10.2 Å². The lowest BCUT2D eigenvalue weighted by Gasteiger charge is -2.38. The maximum atomic E-state index is 12.7. The molecular formula is C16H21N3O3S. The highest BCUT2D eigenvalue weighted by Gasteiger charge is 2.38. The molecule has 0 atom stereocenters. The minimum absolute atomic E-state index is 0.0109. The number of nitro benzene ring substituents is 1. The number of nitro groups is 1. The number of amides is 1. The molecule has 1 N–H and O–H groups in total. The fraction of sp³-hybridized carbons (Fsp3) is 0.562. The third-order valence-corrected chi connectivity index (χ3v) is 5.85. The largest absolute Gasteiger partial charge is 0.339 e. The molecule has 3 rings (SSSR count). The zero-order chi connectivity index (χ0) is 16.4. The van der Waals surface area contributed by atoms with Gasteiger partial charge in [0, 0.05) is 31.3 Å². The van der Waals surface area contributed by atoms with Crippen LogP contribution >= 0.6 is 11.8 Å². The van der Waals surface area contributed by atoms with Gasteiger partial charge in [-0.05, 0) is 49.6 Å². The van der Waals surface area contributed by atoms with Crippen molar-refractivity contribution < 1.29 is 9.72 Å². The quantitative estimate of drug-likeness (QED) is 0.522. The molecule has 124 valence electrons. The number of thioether (sulfide) groups is 1. The Bertz CT molecular complexity index is 619. The summed E-state index contributed by atoms with van der Waals surface area (Å²) in [5.41, 5.74) is 0.776. The highest BCUT2D eigenvalue weighted by molar-refractivity contribution is 7.98. The predicted molar refractivity (Wildman–Crippen MR) is 89.9 cm³/mol. The molecule has 0 unspecified atom stereocenters. The summed E-state index contributed by atoms with van der Waals surface area (Å²) in [5, 5.41) is 14.6. The van der Waals surface area contributed by atoms with Crippen molar-refractivity contribution in [2.45, 2.75) is 24.2 Å². The van der Waals surface area contributed by atoms with Gasteiger partial charge in [0.1, 0.15) is 0 Å². The number of hydrogen-bond acceptors (Lipinski definition) is 5. The van der Waals surface area contributed by atoms with Crippen molar-refractivity contribution in [2.75, 3.05) is 32.4 Å². The number of nitrogens with zero attached hydrogens (tertiary/aromatic N) is 2. The molecule has 23 heavy (non-hydrogen) atoms. The van der Waals surface area contributed by atoms with Gasteiger partial charge in [0.15, 0.2) is 0 Å². The van der Waals surface area contributed by atoms with Gasteiger partial charge in [-0.2, -0.15) is 0 Å². The molecule has 0 aliphatic carbocycles. The van der Waals surface area contributed by atoms with Crippen molar-refractivity contribution >= 4 is 23.4 Å². The van der Waals surface area contributed by atoms with Gasteiger partial charge in [0.05, 0.1) is 9.82 Å². The first-order valence-corrected chi connectivity index (χ1v) is 9.10. The zero-order valence-electron chi connectivity index (χ0n) is 13.2. The smallest absolute Gasteiger partial charge is 0.283 e. The van der Waals surface area contributed by atoms with Crippen LogP contribution < -0.4 is 5.32 Å². The molecular weight excluding hydrogens is 314 g/mol. The van der Waals surface area contributed by atoms with Crippen LogP contribution in [0.25, 0.3) is 0 Å². The van der Waals surface area contributed by atoms with E-state index in [4.69, 9.17) is 0 Å². The summed E-state index contributed by atoms with van der Waals surface area (Å²) in [6, 6.07) is 4.78. The third-order valence-electron chi connectivity index (χ3n) is 5.07. The van der Waals surface area contributed by atoms with Crippen molar-refractivity contribution in [1.82, 2.24) is 10.2 Å². The van der Waals surface area contributed by atoms with Crippen LogP contribution in [-0.2, 0) is 0 Å². The normalized spacial score (nSPS) is 20.0. The Morgan fingerprint density at radius 3 is 2.65 bits per heavy atom. The maximum Gasteiger partial charge on any atom is 0.283 e. The summed E-state index contributed by atoms with van der Waals surface area (Å²) in [7, 11) is 0. The molecule has 2 aliphatic heterocycles. The Morgan fingerprint density at radius 1 is 1.35 bits per heavy atom. The minimum atomic E-state index is -0.419. The van der Waals surface area contributed by atoms with Crippen LogP contribution in [0.4, 0.5) is 5.69 Å². The molecule has 1 aromatic rings. The third kappa shape index (κ3) is 3.21. The second kappa shape index (κ2) is 6.49. The van der Waals surface area contributed by atoms with Crippen LogP contribution in [0.3, 0.4) is 0 Å². The van der Waals surface area contributed by atoms with E-state index in [0.29, 0.717) is 15.9 Å². The van der Waals surface area contributed by atoms with Crippen molar-refractivity contribution in [3.8, 4) is 0 Å². The molecule has 0 saturated carbocycles. The molecule has 0 radical (unpaired) electrons. The second-order valence-corrected chi connectivity index (χ2v) is 7.21. The SMILES string of the molecule is CSc1ccc(C(=O)N2CCC3(CCNC3)CC2)cc1[N+](=O)[O-]. The molecule has 2 aliphatic rings. The Kier molecular flexibility index (Phi) is 4.59. The van der Waals surface area contributed by atoms with E-state index in [2.05, 4.69) is 5.32 Å². The van der Waals surface area contributed by atoms with Gasteiger partial charge in [-0.1, -0.05) is 0 Å². The van der Waals surface area contributed by atoms with Gasteiger partial charge in [-0.3, -0.25) is 14.9 Å². The van der Waals surface area contributed by atoms with E-state index >= 15 is 0 Å². The van der Waals surface area contributed by atoms with Gasteiger partial charge in [0.2, 0.25) is 0 Å². The molecule has 2 saturated heterocycles. The Morgan fingerprint density at radius 2 is 2.09 bits per heavy atom. The molecule has 2 fully saturated rings. The van der Waals surface area contributed by atoms with Gasteiger partial charge in [-0.15, -0.1) is 11.8 Å². The number of hydrogen-bond donors (Lipinski definition) is 1. The number of carbonyl (C=O) groups is 1. The monoisotopic (exact) mass is 335 g/mol. The number of nitrogens with one attached hydrogen (secondary N) is 1. The lowest BCUT2D eigenvalue weighted by atomic mass is 9.78. The lowest BCUT2D eigenvalue weighted by Crippen LogP contribution is -2.44. The summed E-state index contributed by atoms with van der Waals surface area (Å²) in [5.74, 6) is -0.0958. The average Bonchev–Trinajstić information content (AvgIpc) is 3.02. The van der Waals surface area contributed by atoms with Gasteiger partial charge in [-0.25, -0.2) is 0 Å². The van der Waals surface area contributed by atoms with Crippen LogP contribution in [-0.4, -0.2) is 48.2 Å². The molecule has 0 aromatic heterocycles. The molecule has 2 heterocycles. The van der Waals surface area contributed by atoms with Crippen LogP contribution in [0.2, 0.25) is 0 Å². The van der Waals surface area contributed by atoms with E-state index in [0.717, 1.165) is 39.0 Å². The number of carbonyl (C=O) groups excluding carboxylic acids is 1. The van der Waals surface area contributed by atoms with E-state index in [9.17, 15) is 14.9 Å². The summed E-state index contributed by atoms with van der Waals surface area (Å²) in [4.78, 5) is 25.8. The van der Waals surface area contributed by atoms with Crippen LogP contribution in [0.1, 0.15) is 29.6 Å².